The van der Waals surface area contributed by atoms with E-state index in [2.05, 4.69) is 26.2 Å². The van der Waals surface area contributed by atoms with E-state index in [1.807, 2.05) is 61.5 Å². The summed E-state index contributed by atoms with van der Waals surface area (Å²) in [5.74, 6) is -0.309. The molecule has 2 aromatic carbocycles. The molecule has 4 rings (SSSR count). The van der Waals surface area contributed by atoms with Crippen LogP contribution in [0, 0.1) is 0 Å². The summed E-state index contributed by atoms with van der Waals surface area (Å²) in [6.07, 6.45) is -1.17. The number of hydrogen-bond donors (Lipinski definition) is 3. The van der Waals surface area contributed by atoms with E-state index in [-0.39, 0.29) is 18.2 Å². The maximum atomic E-state index is 12.6. The normalized spacial score (nSPS) is 23.8. The van der Waals surface area contributed by atoms with Gasteiger partial charge in [0, 0.05) is 11.1 Å². The zero-order chi connectivity index (χ0) is 17.2. The maximum absolute atomic E-state index is 12.6. The molecule has 2 heterocycles. The van der Waals surface area contributed by atoms with E-state index >= 15 is 0 Å². The first-order chi connectivity index (χ1) is 12.2. The Morgan fingerprint density at radius 3 is 2.60 bits per heavy atom. The van der Waals surface area contributed by atoms with Crippen molar-refractivity contribution in [3.63, 3.8) is 0 Å². The average Bonchev–Trinajstić information content (AvgIpc) is 2.98. The Bertz CT molecular complexity index is 863. The molecule has 2 atom stereocenters. The smallest absolute Gasteiger partial charge is 0.303 e. The molecule has 2 aliphatic heterocycles. The second-order valence-corrected chi connectivity index (χ2v) is 5.72. The van der Waals surface area contributed by atoms with Crippen molar-refractivity contribution in [1.82, 2.24) is 10.9 Å². The second-order valence-electron chi connectivity index (χ2n) is 5.72. The SMILES string of the molecule is CC1NN/C(=N\C2N=C(c3ccccc3)c3ccccc3NC2=O)O1. The molecule has 0 spiro atoms. The number of nitrogens with zero attached hydrogens (tertiary/aromatic N) is 2. The fourth-order valence-corrected chi connectivity index (χ4v) is 2.72. The molecule has 2 unspecified atom stereocenters. The van der Waals surface area contributed by atoms with Crippen LogP contribution in [-0.4, -0.2) is 30.0 Å². The molecule has 2 aromatic rings. The number of amides is 1. The van der Waals surface area contributed by atoms with Crippen LogP contribution in [0.2, 0.25) is 0 Å². The highest BCUT2D eigenvalue weighted by atomic mass is 16.5. The van der Waals surface area contributed by atoms with Gasteiger partial charge in [0.25, 0.3) is 5.91 Å². The van der Waals surface area contributed by atoms with Crippen LogP contribution in [0.15, 0.2) is 64.6 Å². The topological polar surface area (TPSA) is 87.1 Å². The van der Waals surface area contributed by atoms with Gasteiger partial charge in [0.2, 0.25) is 6.17 Å². The molecule has 126 valence electrons. The number of nitrogens with one attached hydrogen (secondary N) is 3. The monoisotopic (exact) mass is 335 g/mol. The number of hydrogen-bond acceptors (Lipinski definition) is 5. The second kappa shape index (κ2) is 6.37. The van der Waals surface area contributed by atoms with Crippen LogP contribution in [0.4, 0.5) is 5.69 Å². The highest BCUT2D eigenvalue weighted by Gasteiger charge is 2.27. The van der Waals surface area contributed by atoms with E-state index in [1.165, 1.54) is 0 Å². The lowest BCUT2D eigenvalue weighted by Crippen LogP contribution is -2.32. The predicted molar refractivity (Wildman–Crippen MR) is 95.2 cm³/mol. The first-order valence-electron chi connectivity index (χ1n) is 8.00. The van der Waals surface area contributed by atoms with Gasteiger partial charge >= 0.3 is 6.02 Å². The van der Waals surface area contributed by atoms with Crippen LogP contribution in [0.3, 0.4) is 0 Å². The number of amidine groups is 1. The molecule has 0 radical (unpaired) electrons. The van der Waals surface area contributed by atoms with Crippen molar-refractivity contribution in [1.29, 1.82) is 0 Å². The Kier molecular flexibility index (Phi) is 3.91. The van der Waals surface area contributed by atoms with Gasteiger partial charge in [-0.15, -0.1) is 0 Å². The number of para-hydroxylation sites is 1. The van der Waals surface area contributed by atoms with Gasteiger partial charge in [0.05, 0.1) is 11.4 Å². The molecule has 0 saturated carbocycles. The van der Waals surface area contributed by atoms with Crippen molar-refractivity contribution in [3.8, 4) is 0 Å². The fraction of sp³-hybridized carbons (Fsp3) is 0.167. The molecule has 1 fully saturated rings. The molecule has 0 bridgehead atoms. The zero-order valence-corrected chi connectivity index (χ0v) is 13.6. The number of ether oxygens (including phenoxy) is 1. The van der Waals surface area contributed by atoms with E-state index in [9.17, 15) is 4.79 Å². The molecule has 0 aliphatic carbocycles. The maximum Gasteiger partial charge on any atom is 0.303 e. The van der Waals surface area contributed by atoms with Gasteiger partial charge in [0.1, 0.15) is 0 Å². The molecule has 7 heteroatoms. The summed E-state index contributed by atoms with van der Waals surface area (Å²) >= 11 is 0. The molecular formula is C18H17N5O2. The van der Waals surface area contributed by atoms with Crippen molar-refractivity contribution < 1.29 is 9.53 Å². The number of fused-ring (bicyclic) bond motifs is 1. The third-order valence-electron chi connectivity index (χ3n) is 3.88. The first kappa shape index (κ1) is 15.3. The van der Waals surface area contributed by atoms with Crippen LogP contribution in [0.1, 0.15) is 18.1 Å². The van der Waals surface area contributed by atoms with E-state index < -0.39 is 6.17 Å². The number of anilines is 1. The van der Waals surface area contributed by atoms with Crippen LogP contribution < -0.4 is 16.2 Å². The lowest BCUT2D eigenvalue weighted by molar-refractivity contribution is -0.117. The number of carbonyl (C=O) groups excluding carboxylic acids is 1. The standard InChI is InChI=1S/C18H17N5O2/c1-11-22-23-18(25-11)21-16-17(24)19-14-10-6-5-9-13(14)15(20-16)12-7-3-2-4-8-12/h2-11,16,22H,1H3,(H,19,24)(H,21,23). The average molecular weight is 335 g/mol. The van der Waals surface area contributed by atoms with E-state index in [0.29, 0.717) is 11.4 Å². The number of benzodiazepines with no additional fused rings is 1. The highest BCUT2D eigenvalue weighted by molar-refractivity contribution is 6.19. The summed E-state index contributed by atoms with van der Waals surface area (Å²) in [7, 11) is 0. The third kappa shape index (κ3) is 3.09. The zero-order valence-electron chi connectivity index (χ0n) is 13.6. The third-order valence-corrected chi connectivity index (χ3v) is 3.88. The van der Waals surface area contributed by atoms with Crippen molar-refractivity contribution in [2.24, 2.45) is 9.98 Å². The van der Waals surface area contributed by atoms with Gasteiger partial charge in [-0.05, 0) is 13.0 Å². The summed E-state index contributed by atoms with van der Waals surface area (Å²) in [6.45, 7) is 1.83. The lowest BCUT2D eigenvalue weighted by atomic mass is 10.0. The van der Waals surface area contributed by atoms with Crippen LogP contribution in [0.25, 0.3) is 0 Å². The molecule has 2 aliphatic rings. The number of aliphatic imine (C=N–C) groups is 2. The predicted octanol–water partition coefficient (Wildman–Crippen LogP) is 1.63. The minimum absolute atomic E-state index is 0.220. The molecular weight excluding hydrogens is 318 g/mol. The Balaban J connectivity index is 1.81. The largest absolute Gasteiger partial charge is 0.444 e. The fourth-order valence-electron chi connectivity index (χ4n) is 2.72. The number of benzene rings is 2. The van der Waals surface area contributed by atoms with Gasteiger partial charge in [-0.3, -0.25) is 10.2 Å². The summed E-state index contributed by atoms with van der Waals surface area (Å²) in [4.78, 5) is 21.5. The quantitative estimate of drug-likeness (QED) is 0.778. The van der Waals surface area contributed by atoms with Crippen LogP contribution in [-0.2, 0) is 9.53 Å². The molecule has 7 nitrogen and oxygen atoms in total. The Labute approximate surface area is 144 Å². The lowest BCUT2D eigenvalue weighted by Gasteiger charge is -2.09. The van der Waals surface area contributed by atoms with Crippen LogP contribution in [0.5, 0.6) is 0 Å². The van der Waals surface area contributed by atoms with Crippen LogP contribution >= 0.6 is 0 Å². The van der Waals surface area contributed by atoms with Gasteiger partial charge in [-0.25, -0.2) is 4.99 Å². The summed E-state index contributed by atoms with van der Waals surface area (Å²) in [5.41, 5.74) is 8.87. The molecule has 1 saturated heterocycles. The number of hydrazine groups is 1. The molecule has 3 N–H and O–H groups in total. The van der Waals surface area contributed by atoms with Crippen molar-refractivity contribution in [2.75, 3.05) is 5.32 Å². The van der Waals surface area contributed by atoms with Crippen molar-refractivity contribution >= 4 is 23.3 Å². The van der Waals surface area contributed by atoms with E-state index in [1.54, 1.807) is 0 Å². The Morgan fingerprint density at radius 2 is 1.84 bits per heavy atom. The highest BCUT2D eigenvalue weighted by Crippen LogP contribution is 2.24. The summed E-state index contributed by atoms with van der Waals surface area (Å²) < 4.78 is 5.45. The van der Waals surface area contributed by atoms with E-state index in [0.717, 1.165) is 11.1 Å². The van der Waals surface area contributed by atoms with Gasteiger partial charge in [0.15, 0.2) is 6.23 Å². The summed E-state index contributed by atoms with van der Waals surface area (Å²) in [6, 6.07) is 17.6. The first-order valence-corrected chi connectivity index (χ1v) is 8.00. The van der Waals surface area contributed by atoms with Gasteiger partial charge in [-0.1, -0.05) is 48.5 Å². The Morgan fingerprint density at radius 1 is 1.08 bits per heavy atom. The minimum Gasteiger partial charge on any atom is -0.444 e. The summed E-state index contributed by atoms with van der Waals surface area (Å²) in [5, 5.41) is 2.89. The number of carbonyl (C=O) groups is 1. The van der Waals surface area contributed by atoms with E-state index in [4.69, 9.17) is 4.74 Å². The van der Waals surface area contributed by atoms with Gasteiger partial charge in [-0.2, -0.15) is 10.4 Å². The van der Waals surface area contributed by atoms with Crippen molar-refractivity contribution in [3.05, 3.63) is 65.7 Å². The van der Waals surface area contributed by atoms with Crippen molar-refractivity contribution in [2.45, 2.75) is 19.3 Å². The molecule has 0 aromatic heterocycles. The van der Waals surface area contributed by atoms with Gasteiger partial charge < -0.3 is 10.1 Å². The Hall–Kier alpha value is -3.19. The molecule has 25 heavy (non-hydrogen) atoms. The number of rotatable bonds is 2. The molecule has 1 amide bonds. The minimum atomic E-state index is -0.947.